The Morgan fingerprint density at radius 2 is 1.58 bits per heavy atom. The molecule has 0 amide bonds. The molecule has 98 valence electrons. The predicted octanol–water partition coefficient (Wildman–Crippen LogP) is 4.29. The minimum atomic E-state index is 0.711. The quantitative estimate of drug-likeness (QED) is 0.783. The molecule has 1 aliphatic heterocycles. The zero-order valence-corrected chi connectivity index (χ0v) is 11.3. The summed E-state index contributed by atoms with van der Waals surface area (Å²) in [6.45, 7) is 1.21. The zero-order valence-electron chi connectivity index (χ0n) is 11.3. The average Bonchev–Trinajstić information content (AvgIpc) is 2.95. The van der Waals surface area contributed by atoms with Gasteiger partial charge in [0.2, 0.25) is 0 Å². The van der Waals surface area contributed by atoms with Crippen LogP contribution in [0.4, 0.5) is 5.69 Å². The highest BCUT2D eigenvalue weighted by atomic mass is 15.2. The summed E-state index contributed by atoms with van der Waals surface area (Å²) in [7, 11) is 0. The molecule has 1 heterocycles. The number of benzene rings is 2. The van der Waals surface area contributed by atoms with Gasteiger partial charge < -0.3 is 4.90 Å². The summed E-state index contributed by atoms with van der Waals surface area (Å²) >= 11 is 0. The van der Waals surface area contributed by atoms with E-state index < -0.39 is 0 Å². The van der Waals surface area contributed by atoms with Crippen molar-refractivity contribution in [1.29, 1.82) is 0 Å². The van der Waals surface area contributed by atoms with E-state index in [4.69, 9.17) is 0 Å². The molecule has 3 rings (SSSR count). The minimum Gasteiger partial charge on any atom is -0.369 e. The highest BCUT2D eigenvalue weighted by Crippen LogP contribution is 2.27. The molecule has 0 bridgehead atoms. The predicted molar refractivity (Wildman–Crippen MR) is 81.6 cm³/mol. The first-order valence-electron chi connectivity index (χ1n) is 7.29. The van der Waals surface area contributed by atoms with Crippen LogP contribution in [0.15, 0.2) is 60.7 Å². The second-order valence-electron chi connectivity index (χ2n) is 5.35. The van der Waals surface area contributed by atoms with Crippen molar-refractivity contribution in [2.75, 3.05) is 11.4 Å². The molecule has 2 aromatic carbocycles. The Hall–Kier alpha value is -1.76. The van der Waals surface area contributed by atoms with Gasteiger partial charge in [0.1, 0.15) is 0 Å². The van der Waals surface area contributed by atoms with Crippen LogP contribution < -0.4 is 4.90 Å². The molecule has 0 N–H and O–H groups in total. The van der Waals surface area contributed by atoms with Gasteiger partial charge in [-0.25, -0.2) is 0 Å². The van der Waals surface area contributed by atoms with Gasteiger partial charge in [-0.05, 0) is 43.4 Å². The lowest BCUT2D eigenvalue weighted by Gasteiger charge is -2.27. The van der Waals surface area contributed by atoms with Crippen LogP contribution in [-0.2, 0) is 6.42 Å². The second kappa shape index (κ2) is 5.92. The standard InChI is InChI=1S/C18H21N/c1-3-8-16(9-4-1)13-14-18-12-7-15-19(18)17-10-5-2-6-11-17/h1-6,8-11,18H,7,12-15H2. The Morgan fingerprint density at radius 3 is 2.32 bits per heavy atom. The normalized spacial score (nSPS) is 18.7. The van der Waals surface area contributed by atoms with Gasteiger partial charge >= 0.3 is 0 Å². The number of hydrogen-bond donors (Lipinski definition) is 0. The van der Waals surface area contributed by atoms with Crippen LogP contribution >= 0.6 is 0 Å². The number of hydrogen-bond acceptors (Lipinski definition) is 1. The first-order valence-corrected chi connectivity index (χ1v) is 7.29. The summed E-state index contributed by atoms with van der Waals surface area (Å²) in [5, 5.41) is 0. The van der Waals surface area contributed by atoms with E-state index in [0.717, 1.165) is 0 Å². The summed E-state index contributed by atoms with van der Waals surface area (Å²) in [5.41, 5.74) is 2.85. The maximum Gasteiger partial charge on any atom is 0.0368 e. The third-order valence-electron chi connectivity index (χ3n) is 4.07. The van der Waals surface area contributed by atoms with E-state index in [-0.39, 0.29) is 0 Å². The Labute approximate surface area is 115 Å². The fourth-order valence-electron chi connectivity index (χ4n) is 3.07. The fourth-order valence-corrected chi connectivity index (χ4v) is 3.07. The molecule has 1 aliphatic rings. The van der Waals surface area contributed by atoms with E-state index in [1.165, 1.54) is 43.5 Å². The van der Waals surface area contributed by atoms with Gasteiger partial charge in [-0.15, -0.1) is 0 Å². The molecule has 1 atom stereocenters. The van der Waals surface area contributed by atoms with Crippen LogP contribution in [-0.4, -0.2) is 12.6 Å². The van der Waals surface area contributed by atoms with Crippen molar-refractivity contribution < 1.29 is 0 Å². The molecule has 19 heavy (non-hydrogen) atoms. The van der Waals surface area contributed by atoms with Crippen molar-refractivity contribution in [3.05, 3.63) is 66.2 Å². The molecule has 0 saturated carbocycles. The Bertz CT molecular complexity index is 492. The highest BCUT2D eigenvalue weighted by molar-refractivity contribution is 5.48. The van der Waals surface area contributed by atoms with E-state index >= 15 is 0 Å². The molecule has 1 saturated heterocycles. The molecule has 2 aromatic rings. The van der Waals surface area contributed by atoms with Gasteiger partial charge in [-0.1, -0.05) is 48.5 Å². The first kappa shape index (κ1) is 12.3. The molecule has 0 radical (unpaired) electrons. The summed E-state index contributed by atoms with van der Waals surface area (Å²) in [4.78, 5) is 2.59. The molecule has 0 spiro atoms. The zero-order chi connectivity index (χ0) is 12.9. The van der Waals surface area contributed by atoms with Crippen molar-refractivity contribution in [2.45, 2.75) is 31.7 Å². The molecule has 1 heteroatoms. The van der Waals surface area contributed by atoms with E-state index in [2.05, 4.69) is 65.6 Å². The van der Waals surface area contributed by atoms with Gasteiger partial charge in [-0.3, -0.25) is 0 Å². The largest absolute Gasteiger partial charge is 0.369 e. The molecule has 1 unspecified atom stereocenters. The highest BCUT2D eigenvalue weighted by Gasteiger charge is 2.23. The van der Waals surface area contributed by atoms with Crippen molar-refractivity contribution >= 4 is 5.69 Å². The van der Waals surface area contributed by atoms with Gasteiger partial charge in [0.15, 0.2) is 0 Å². The summed E-state index contributed by atoms with van der Waals surface area (Å²) in [6, 6.07) is 22.4. The van der Waals surface area contributed by atoms with Gasteiger partial charge in [0.05, 0.1) is 0 Å². The average molecular weight is 251 g/mol. The molecule has 0 aromatic heterocycles. The maximum absolute atomic E-state index is 2.59. The van der Waals surface area contributed by atoms with Crippen molar-refractivity contribution in [1.82, 2.24) is 0 Å². The van der Waals surface area contributed by atoms with Gasteiger partial charge in [0, 0.05) is 18.3 Å². The van der Waals surface area contributed by atoms with Crippen LogP contribution in [0, 0.1) is 0 Å². The van der Waals surface area contributed by atoms with Crippen LogP contribution in [0.5, 0.6) is 0 Å². The molecule has 0 aliphatic carbocycles. The second-order valence-corrected chi connectivity index (χ2v) is 5.35. The number of rotatable bonds is 4. The molecule has 1 nitrogen and oxygen atoms in total. The van der Waals surface area contributed by atoms with Crippen molar-refractivity contribution in [3.63, 3.8) is 0 Å². The topological polar surface area (TPSA) is 3.24 Å². The molecule has 1 fully saturated rings. The van der Waals surface area contributed by atoms with E-state index in [0.29, 0.717) is 6.04 Å². The Morgan fingerprint density at radius 1 is 0.895 bits per heavy atom. The Balaban J connectivity index is 1.64. The van der Waals surface area contributed by atoms with Crippen LogP contribution in [0.1, 0.15) is 24.8 Å². The monoisotopic (exact) mass is 251 g/mol. The maximum atomic E-state index is 2.59. The summed E-state index contributed by atoms with van der Waals surface area (Å²) in [5.74, 6) is 0. The summed E-state index contributed by atoms with van der Waals surface area (Å²) < 4.78 is 0. The lowest BCUT2D eigenvalue weighted by molar-refractivity contribution is 0.610. The van der Waals surface area contributed by atoms with Crippen LogP contribution in [0.2, 0.25) is 0 Å². The number of para-hydroxylation sites is 1. The van der Waals surface area contributed by atoms with Crippen LogP contribution in [0.3, 0.4) is 0 Å². The smallest absolute Gasteiger partial charge is 0.0368 e. The number of nitrogens with zero attached hydrogens (tertiary/aromatic N) is 1. The summed E-state index contributed by atoms with van der Waals surface area (Å²) in [6.07, 6.45) is 5.11. The van der Waals surface area contributed by atoms with Gasteiger partial charge in [0.25, 0.3) is 0 Å². The Kier molecular flexibility index (Phi) is 3.83. The molecular weight excluding hydrogens is 230 g/mol. The van der Waals surface area contributed by atoms with E-state index in [1.54, 1.807) is 0 Å². The fraction of sp³-hybridized carbons (Fsp3) is 0.333. The first-order chi connectivity index (χ1) is 9.43. The molecular formula is C18H21N. The number of anilines is 1. The lowest BCUT2D eigenvalue weighted by Crippen LogP contribution is -2.29. The third kappa shape index (κ3) is 2.98. The van der Waals surface area contributed by atoms with E-state index in [1.807, 2.05) is 0 Å². The van der Waals surface area contributed by atoms with Crippen molar-refractivity contribution in [3.8, 4) is 0 Å². The third-order valence-corrected chi connectivity index (χ3v) is 4.07. The number of aryl methyl sites for hydroxylation is 1. The SMILES string of the molecule is c1ccc(CCC2CCCN2c2ccccc2)cc1. The van der Waals surface area contributed by atoms with Gasteiger partial charge in [-0.2, -0.15) is 0 Å². The van der Waals surface area contributed by atoms with Crippen LogP contribution in [0.25, 0.3) is 0 Å². The minimum absolute atomic E-state index is 0.711. The van der Waals surface area contributed by atoms with E-state index in [9.17, 15) is 0 Å². The lowest BCUT2D eigenvalue weighted by atomic mass is 10.0. The van der Waals surface area contributed by atoms with Crippen molar-refractivity contribution in [2.24, 2.45) is 0 Å².